The third-order valence-corrected chi connectivity index (χ3v) is 6.43. The average molecular weight is 315 g/mol. The van der Waals surface area contributed by atoms with Gasteiger partial charge < -0.3 is 5.32 Å². The molecule has 0 unspecified atom stereocenters. The van der Waals surface area contributed by atoms with E-state index in [2.05, 4.69) is 5.32 Å². The fraction of sp³-hybridized carbons (Fsp3) is 0.571. The summed E-state index contributed by atoms with van der Waals surface area (Å²) in [5, 5.41) is 3.88. The van der Waals surface area contributed by atoms with Gasteiger partial charge in [0.25, 0.3) is 0 Å². The van der Waals surface area contributed by atoms with Gasteiger partial charge in [-0.25, -0.2) is 8.42 Å². The van der Waals surface area contributed by atoms with Crippen molar-refractivity contribution in [2.24, 2.45) is 5.92 Å². The van der Waals surface area contributed by atoms with Crippen molar-refractivity contribution in [1.29, 1.82) is 0 Å². The third kappa shape index (κ3) is 2.86. The number of piperidine rings is 1. The van der Waals surface area contributed by atoms with Gasteiger partial charge in [0.1, 0.15) is 0 Å². The molecule has 20 heavy (non-hydrogen) atoms. The van der Waals surface area contributed by atoms with Crippen LogP contribution >= 0.6 is 11.6 Å². The second-order valence-electron chi connectivity index (χ2n) is 5.67. The molecular formula is C14H19ClN2O2S. The molecular weight excluding hydrogens is 296 g/mol. The zero-order valence-electron chi connectivity index (χ0n) is 11.3. The molecule has 0 amide bonds. The summed E-state index contributed by atoms with van der Waals surface area (Å²) in [6, 6.07) is 7.26. The normalized spacial score (nSPS) is 27.4. The molecule has 110 valence electrons. The maximum absolute atomic E-state index is 12.7. The Balaban J connectivity index is 1.83. The number of hydrogen-bond donors (Lipinski definition) is 1. The number of hydrogen-bond acceptors (Lipinski definition) is 3. The van der Waals surface area contributed by atoms with Crippen LogP contribution in [-0.2, 0) is 15.8 Å². The highest BCUT2D eigenvalue weighted by atomic mass is 35.5. The van der Waals surface area contributed by atoms with Crippen molar-refractivity contribution < 1.29 is 8.42 Å². The zero-order valence-corrected chi connectivity index (χ0v) is 12.8. The number of sulfonamides is 1. The van der Waals surface area contributed by atoms with Crippen molar-refractivity contribution in [3.63, 3.8) is 0 Å². The van der Waals surface area contributed by atoms with Crippen LogP contribution in [0.4, 0.5) is 0 Å². The van der Waals surface area contributed by atoms with Gasteiger partial charge in [-0.15, -0.1) is 0 Å². The number of rotatable bonds is 3. The lowest BCUT2D eigenvalue weighted by Crippen LogP contribution is -2.47. The molecule has 3 aliphatic rings. The Kier molecular flexibility index (Phi) is 4.04. The maximum atomic E-state index is 12.7. The summed E-state index contributed by atoms with van der Waals surface area (Å²) >= 11 is 6.09. The Hall–Kier alpha value is -0.620. The fourth-order valence-corrected chi connectivity index (χ4v) is 5.29. The lowest BCUT2D eigenvalue weighted by Gasteiger charge is -2.35. The van der Waals surface area contributed by atoms with E-state index < -0.39 is 10.0 Å². The monoisotopic (exact) mass is 314 g/mol. The molecule has 0 saturated carbocycles. The van der Waals surface area contributed by atoms with Crippen molar-refractivity contribution in [3.8, 4) is 0 Å². The number of nitrogens with one attached hydrogen (secondary N) is 1. The molecule has 6 heteroatoms. The lowest BCUT2D eigenvalue weighted by atomic mass is 9.97. The molecule has 0 spiro atoms. The summed E-state index contributed by atoms with van der Waals surface area (Å²) in [6.45, 7) is 2.33. The molecule has 4 rings (SSSR count). The summed E-state index contributed by atoms with van der Waals surface area (Å²) in [4.78, 5) is 0. The first kappa shape index (κ1) is 14.3. The van der Waals surface area contributed by atoms with E-state index in [1.165, 1.54) is 0 Å². The SMILES string of the molecule is O=S(=O)(Cc1ccccc1Cl)N1C[C@@H]2CC[C@H]1CNC2. The van der Waals surface area contributed by atoms with Crippen LogP contribution in [0, 0.1) is 5.92 Å². The second kappa shape index (κ2) is 5.64. The highest BCUT2D eigenvalue weighted by Crippen LogP contribution is 2.29. The van der Waals surface area contributed by atoms with Gasteiger partial charge in [0.15, 0.2) is 0 Å². The minimum atomic E-state index is -3.30. The van der Waals surface area contributed by atoms with Gasteiger partial charge in [-0.2, -0.15) is 4.31 Å². The first-order chi connectivity index (χ1) is 9.56. The van der Waals surface area contributed by atoms with E-state index in [0.29, 0.717) is 23.0 Å². The van der Waals surface area contributed by atoms with Crippen LogP contribution in [0.25, 0.3) is 0 Å². The molecule has 4 nitrogen and oxygen atoms in total. The van der Waals surface area contributed by atoms with Crippen LogP contribution in [-0.4, -0.2) is 38.4 Å². The van der Waals surface area contributed by atoms with Crippen molar-refractivity contribution in [2.75, 3.05) is 19.6 Å². The number of fused-ring (bicyclic) bond motifs is 4. The van der Waals surface area contributed by atoms with Crippen LogP contribution in [0.5, 0.6) is 0 Å². The smallest absolute Gasteiger partial charge is 0.218 e. The van der Waals surface area contributed by atoms with Gasteiger partial charge in [-0.05, 0) is 36.9 Å². The molecule has 1 aromatic carbocycles. The summed E-state index contributed by atoms with van der Waals surface area (Å²) < 4.78 is 27.1. The van der Waals surface area contributed by atoms with E-state index in [1.54, 1.807) is 16.4 Å². The van der Waals surface area contributed by atoms with Gasteiger partial charge >= 0.3 is 0 Å². The molecule has 2 atom stereocenters. The van der Waals surface area contributed by atoms with Crippen molar-refractivity contribution in [2.45, 2.75) is 24.6 Å². The zero-order chi connectivity index (χ0) is 14.2. The maximum Gasteiger partial charge on any atom is 0.218 e. The highest BCUT2D eigenvalue weighted by Gasteiger charge is 2.38. The van der Waals surface area contributed by atoms with Gasteiger partial charge in [0.05, 0.1) is 5.75 Å². The van der Waals surface area contributed by atoms with Crippen LogP contribution in [0.1, 0.15) is 18.4 Å². The summed E-state index contributed by atoms with van der Waals surface area (Å²) in [5.41, 5.74) is 0.683. The van der Waals surface area contributed by atoms with E-state index in [4.69, 9.17) is 11.6 Å². The first-order valence-electron chi connectivity index (χ1n) is 7.00. The summed E-state index contributed by atoms with van der Waals surface area (Å²) in [5.74, 6) is 0.436. The van der Waals surface area contributed by atoms with E-state index >= 15 is 0 Å². The van der Waals surface area contributed by atoms with Crippen molar-refractivity contribution >= 4 is 21.6 Å². The number of benzene rings is 1. The van der Waals surface area contributed by atoms with Gasteiger partial charge in [-0.1, -0.05) is 29.8 Å². The predicted molar refractivity (Wildman–Crippen MR) is 80.2 cm³/mol. The first-order valence-corrected chi connectivity index (χ1v) is 8.98. The van der Waals surface area contributed by atoms with Gasteiger partial charge in [-0.3, -0.25) is 0 Å². The van der Waals surface area contributed by atoms with E-state index in [1.807, 2.05) is 12.1 Å². The Morgan fingerprint density at radius 3 is 2.85 bits per heavy atom. The van der Waals surface area contributed by atoms with Crippen molar-refractivity contribution in [3.05, 3.63) is 34.9 Å². The molecule has 3 saturated heterocycles. The van der Waals surface area contributed by atoms with E-state index in [9.17, 15) is 8.42 Å². The second-order valence-corrected chi connectivity index (χ2v) is 8.00. The van der Waals surface area contributed by atoms with Crippen LogP contribution < -0.4 is 5.32 Å². The van der Waals surface area contributed by atoms with Gasteiger partial charge in [0.2, 0.25) is 10.0 Å². The van der Waals surface area contributed by atoms with E-state index in [-0.39, 0.29) is 11.8 Å². The Labute approximate surface area is 125 Å². The Bertz CT molecular complexity index is 587. The Morgan fingerprint density at radius 1 is 1.25 bits per heavy atom. The number of halogens is 1. The molecule has 0 aliphatic carbocycles. The predicted octanol–water partition coefficient (Wildman–Crippen LogP) is 1.85. The molecule has 3 heterocycles. The topological polar surface area (TPSA) is 49.4 Å². The minimum Gasteiger partial charge on any atom is -0.315 e. The number of nitrogens with zero attached hydrogens (tertiary/aromatic N) is 1. The standard InChI is InChI=1S/C14H19ClN2O2S/c15-14-4-2-1-3-12(14)10-20(18,19)17-9-11-5-6-13(17)8-16-7-11/h1-4,11,13,16H,5-10H2/t11-,13+/m1/s1. The molecule has 0 aromatic heterocycles. The minimum absolute atomic E-state index is 0.00407. The molecule has 3 aliphatic heterocycles. The summed E-state index contributed by atoms with van der Waals surface area (Å²) in [7, 11) is -3.30. The summed E-state index contributed by atoms with van der Waals surface area (Å²) in [6.07, 6.45) is 2.08. The molecule has 0 radical (unpaired) electrons. The van der Waals surface area contributed by atoms with Crippen molar-refractivity contribution in [1.82, 2.24) is 9.62 Å². The molecule has 1 aromatic rings. The molecule has 2 bridgehead atoms. The Morgan fingerprint density at radius 2 is 2.05 bits per heavy atom. The van der Waals surface area contributed by atoms with Crippen LogP contribution in [0.15, 0.2) is 24.3 Å². The average Bonchev–Trinajstić information content (AvgIpc) is 2.76. The van der Waals surface area contributed by atoms with Crippen LogP contribution in [0.2, 0.25) is 5.02 Å². The van der Waals surface area contributed by atoms with Gasteiger partial charge in [0, 0.05) is 24.2 Å². The fourth-order valence-electron chi connectivity index (χ4n) is 3.13. The highest BCUT2D eigenvalue weighted by molar-refractivity contribution is 7.88. The lowest BCUT2D eigenvalue weighted by molar-refractivity contribution is 0.230. The third-order valence-electron chi connectivity index (χ3n) is 4.22. The van der Waals surface area contributed by atoms with Crippen LogP contribution in [0.3, 0.4) is 0 Å². The largest absolute Gasteiger partial charge is 0.315 e. The quantitative estimate of drug-likeness (QED) is 0.926. The molecule has 1 N–H and O–H groups in total. The molecule has 3 fully saturated rings. The van der Waals surface area contributed by atoms with E-state index in [0.717, 1.165) is 25.9 Å².